The third kappa shape index (κ3) is 4.25. The Morgan fingerprint density at radius 3 is 2.81 bits per heavy atom. The lowest BCUT2D eigenvalue weighted by Crippen LogP contribution is -2.35. The van der Waals surface area contributed by atoms with Gasteiger partial charge in [-0.25, -0.2) is 0 Å². The van der Waals surface area contributed by atoms with E-state index in [9.17, 15) is 9.59 Å². The summed E-state index contributed by atoms with van der Waals surface area (Å²) in [5.74, 6) is -0.345. The number of likely N-dealkylation sites (N-methyl/N-ethyl adjacent to an activating group) is 1. The van der Waals surface area contributed by atoms with Gasteiger partial charge in [0.1, 0.15) is 0 Å². The van der Waals surface area contributed by atoms with Gasteiger partial charge in [0, 0.05) is 41.8 Å². The smallest absolute Gasteiger partial charge is 0.276 e. The van der Waals surface area contributed by atoms with Crippen LogP contribution in [0.3, 0.4) is 0 Å². The van der Waals surface area contributed by atoms with E-state index in [4.69, 9.17) is 16.1 Å². The summed E-state index contributed by atoms with van der Waals surface area (Å²) >= 11 is 5.88. The third-order valence-corrected chi connectivity index (χ3v) is 3.75. The highest BCUT2D eigenvalue weighted by Crippen LogP contribution is 2.19. The summed E-state index contributed by atoms with van der Waals surface area (Å²) in [6.07, 6.45) is 3.25. The zero-order chi connectivity index (χ0) is 18.5. The van der Waals surface area contributed by atoms with Crippen LogP contribution in [0.15, 0.2) is 59.4 Å². The van der Waals surface area contributed by atoms with Crippen molar-refractivity contribution < 1.29 is 14.1 Å². The number of aromatic nitrogens is 2. The van der Waals surface area contributed by atoms with Crippen LogP contribution >= 0.6 is 11.6 Å². The number of carbonyl (C=O) groups excluding carboxylic acids is 2. The predicted molar refractivity (Wildman–Crippen MR) is 96.8 cm³/mol. The Bertz CT molecular complexity index is 927. The summed E-state index contributed by atoms with van der Waals surface area (Å²) in [7, 11) is 1.51. The van der Waals surface area contributed by atoms with Gasteiger partial charge in [-0.15, -0.1) is 0 Å². The van der Waals surface area contributed by atoms with Crippen LogP contribution in [0.1, 0.15) is 10.5 Å². The number of pyridine rings is 1. The molecule has 0 aliphatic rings. The molecule has 1 aromatic carbocycles. The van der Waals surface area contributed by atoms with Crippen molar-refractivity contribution in [1.82, 2.24) is 15.0 Å². The van der Waals surface area contributed by atoms with Crippen LogP contribution in [-0.4, -0.2) is 40.4 Å². The quantitative estimate of drug-likeness (QED) is 0.745. The lowest BCUT2D eigenvalue weighted by atomic mass is 10.2. The van der Waals surface area contributed by atoms with E-state index in [-0.39, 0.29) is 18.1 Å². The molecule has 3 aromatic rings. The molecule has 0 unspecified atom stereocenters. The second-order valence-corrected chi connectivity index (χ2v) is 5.97. The topological polar surface area (TPSA) is 88.3 Å². The molecule has 8 heteroatoms. The highest BCUT2D eigenvalue weighted by atomic mass is 35.5. The van der Waals surface area contributed by atoms with Crippen LogP contribution in [-0.2, 0) is 4.79 Å². The molecule has 0 fully saturated rings. The fourth-order valence-electron chi connectivity index (χ4n) is 2.27. The highest BCUT2D eigenvalue weighted by molar-refractivity contribution is 6.30. The molecule has 0 saturated heterocycles. The van der Waals surface area contributed by atoms with Gasteiger partial charge in [0.15, 0.2) is 11.5 Å². The summed E-state index contributed by atoms with van der Waals surface area (Å²) in [6, 6.07) is 11.8. The van der Waals surface area contributed by atoms with Crippen molar-refractivity contribution in [3.63, 3.8) is 0 Å². The average Bonchev–Trinajstić information content (AvgIpc) is 3.11. The van der Waals surface area contributed by atoms with Crippen LogP contribution in [0.25, 0.3) is 11.3 Å². The molecule has 7 nitrogen and oxygen atoms in total. The van der Waals surface area contributed by atoms with Crippen LogP contribution in [0.5, 0.6) is 0 Å². The molecule has 0 bridgehead atoms. The van der Waals surface area contributed by atoms with Crippen LogP contribution < -0.4 is 5.32 Å². The summed E-state index contributed by atoms with van der Waals surface area (Å²) < 4.78 is 5.18. The standard InChI is InChI=1S/C18H15ClN4O3/c1-23(11-17(24)21-14-6-2-5-13(19)8-14)18(25)15-9-16(26-22-15)12-4-3-7-20-10-12/h2-10H,11H2,1H3,(H,21,24). The predicted octanol–water partition coefficient (Wildman–Crippen LogP) is 3.10. The molecule has 2 amide bonds. The van der Waals surface area contributed by atoms with Gasteiger partial charge in [0.2, 0.25) is 5.91 Å². The number of rotatable bonds is 5. The molecule has 1 N–H and O–H groups in total. The van der Waals surface area contributed by atoms with E-state index in [1.807, 2.05) is 0 Å². The second-order valence-electron chi connectivity index (χ2n) is 5.54. The van der Waals surface area contributed by atoms with Gasteiger partial charge in [-0.05, 0) is 30.3 Å². The molecular weight excluding hydrogens is 356 g/mol. The van der Waals surface area contributed by atoms with E-state index in [0.717, 1.165) is 0 Å². The van der Waals surface area contributed by atoms with Crippen molar-refractivity contribution in [1.29, 1.82) is 0 Å². The van der Waals surface area contributed by atoms with E-state index >= 15 is 0 Å². The number of anilines is 1. The lowest BCUT2D eigenvalue weighted by molar-refractivity contribution is -0.116. The summed E-state index contributed by atoms with van der Waals surface area (Å²) in [5, 5.41) is 6.97. The van der Waals surface area contributed by atoms with E-state index in [2.05, 4.69) is 15.5 Å². The monoisotopic (exact) mass is 370 g/mol. The number of nitrogens with zero attached hydrogens (tertiary/aromatic N) is 3. The van der Waals surface area contributed by atoms with Crippen molar-refractivity contribution in [2.45, 2.75) is 0 Å². The summed E-state index contributed by atoms with van der Waals surface area (Å²) in [6.45, 7) is -0.138. The highest BCUT2D eigenvalue weighted by Gasteiger charge is 2.19. The van der Waals surface area contributed by atoms with Gasteiger partial charge in [0.05, 0.1) is 6.54 Å². The van der Waals surface area contributed by atoms with Gasteiger partial charge in [0.25, 0.3) is 5.91 Å². The Hall–Kier alpha value is -3.19. The molecule has 0 saturated carbocycles. The van der Waals surface area contributed by atoms with E-state index < -0.39 is 5.91 Å². The number of benzene rings is 1. The minimum atomic E-state index is -0.426. The lowest BCUT2D eigenvalue weighted by Gasteiger charge is -2.15. The molecule has 132 valence electrons. The zero-order valence-corrected chi connectivity index (χ0v) is 14.6. The van der Waals surface area contributed by atoms with Gasteiger partial charge in [-0.2, -0.15) is 0 Å². The van der Waals surface area contributed by atoms with E-state index in [1.165, 1.54) is 18.0 Å². The fourth-order valence-corrected chi connectivity index (χ4v) is 2.46. The zero-order valence-electron chi connectivity index (χ0n) is 13.8. The van der Waals surface area contributed by atoms with Gasteiger partial charge < -0.3 is 14.7 Å². The Kier molecular flexibility index (Phi) is 5.28. The minimum absolute atomic E-state index is 0.113. The molecule has 0 spiro atoms. The largest absolute Gasteiger partial charge is 0.355 e. The molecule has 26 heavy (non-hydrogen) atoms. The SMILES string of the molecule is CN(CC(=O)Nc1cccc(Cl)c1)C(=O)c1cc(-c2cccnc2)on1. The molecular formula is C18H15ClN4O3. The maximum Gasteiger partial charge on any atom is 0.276 e. The molecule has 0 aliphatic heterocycles. The Labute approximate surface area is 154 Å². The minimum Gasteiger partial charge on any atom is -0.355 e. The van der Waals surface area contributed by atoms with Crippen molar-refractivity contribution in [3.05, 3.63) is 65.6 Å². The van der Waals surface area contributed by atoms with Crippen LogP contribution in [0.2, 0.25) is 5.02 Å². The maximum absolute atomic E-state index is 12.4. The first kappa shape index (κ1) is 17.6. The van der Waals surface area contributed by atoms with E-state index in [0.29, 0.717) is 22.0 Å². The first-order valence-electron chi connectivity index (χ1n) is 7.71. The maximum atomic E-state index is 12.4. The molecule has 2 heterocycles. The fraction of sp³-hybridized carbons (Fsp3) is 0.111. The second kappa shape index (κ2) is 7.79. The Morgan fingerprint density at radius 2 is 2.08 bits per heavy atom. The van der Waals surface area contributed by atoms with E-state index in [1.54, 1.807) is 48.8 Å². The van der Waals surface area contributed by atoms with Crippen molar-refractivity contribution in [2.75, 3.05) is 18.9 Å². The van der Waals surface area contributed by atoms with Gasteiger partial charge in [-0.1, -0.05) is 22.8 Å². The van der Waals surface area contributed by atoms with Crippen molar-refractivity contribution in [3.8, 4) is 11.3 Å². The van der Waals surface area contributed by atoms with Gasteiger partial charge in [-0.3, -0.25) is 14.6 Å². The number of carbonyl (C=O) groups is 2. The van der Waals surface area contributed by atoms with Gasteiger partial charge >= 0.3 is 0 Å². The number of amides is 2. The molecule has 2 aromatic heterocycles. The first-order chi connectivity index (χ1) is 12.5. The summed E-state index contributed by atoms with van der Waals surface area (Å²) in [4.78, 5) is 29.8. The first-order valence-corrected chi connectivity index (χ1v) is 8.09. The van der Waals surface area contributed by atoms with Crippen LogP contribution in [0, 0.1) is 0 Å². The average molecular weight is 371 g/mol. The summed E-state index contributed by atoms with van der Waals surface area (Å²) in [5.41, 5.74) is 1.38. The third-order valence-electron chi connectivity index (χ3n) is 3.51. The molecule has 0 atom stereocenters. The number of nitrogens with one attached hydrogen (secondary N) is 1. The number of halogens is 1. The number of hydrogen-bond acceptors (Lipinski definition) is 5. The van der Waals surface area contributed by atoms with Crippen molar-refractivity contribution in [2.24, 2.45) is 0 Å². The molecule has 0 aliphatic carbocycles. The number of hydrogen-bond donors (Lipinski definition) is 1. The normalized spacial score (nSPS) is 10.4. The Balaban J connectivity index is 1.63. The Morgan fingerprint density at radius 1 is 1.23 bits per heavy atom. The van der Waals surface area contributed by atoms with Crippen molar-refractivity contribution >= 4 is 29.1 Å². The van der Waals surface area contributed by atoms with Crippen LogP contribution in [0.4, 0.5) is 5.69 Å². The molecule has 3 rings (SSSR count). The molecule has 0 radical (unpaired) electrons.